The van der Waals surface area contributed by atoms with Gasteiger partial charge in [-0.1, -0.05) is 6.07 Å². The Hall–Kier alpha value is -0.590. The lowest BCUT2D eigenvalue weighted by molar-refractivity contribution is 0.385. The second kappa shape index (κ2) is 5.81. The summed E-state index contributed by atoms with van der Waals surface area (Å²) in [5, 5.41) is 0. The molecule has 0 radical (unpaired) electrons. The van der Waals surface area contributed by atoms with Crippen LogP contribution in [0.25, 0.3) is 0 Å². The molecule has 19 heavy (non-hydrogen) atoms. The van der Waals surface area contributed by atoms with Crippen molar-refractivity contribution >= 4 is 31.6 Å². The first kappa shape index (κ1) is 14.8. The maximum Gasteiger partial charge on any atom is 0.213 e. The van der Waals surface area contributed by atoms with Crippen LogP contribution in [0.5, 0.6) is 0 Å². The van der Waals surface area contributed by atoms with Gasteiger partial charge < -0.3 is 4.90 Å². The summed E-state index contributed by atoms with van der Waals surface area (Å²) in [7, 11) is -3.05. The SMILES string of the molecule is CCS(=O)(=O)N1CCN(c2ccc(C)cc2Br)CC1. The van der Waals surface area contributed by atoms with Crippen LogP contribution in [0.2, 0.25) is 0 Å². The fourth-order valence-corrected chi connectivity index (χ4v) is 4.09. The standard InChI is InChI=1S/C13H19BrN2O2S/c1-3-19(17,18)16-8-6-15(7-9-16)13-5-4-11(2)10-12(13)14/h4-5,10H,3,6-9H2,1-2H3. The summed E-state index contributed by atoms with van der Waals surface area (Å²) in [6.45, 7) is 6.35. The van der Waals surface area contributed by atoms with E-state index in [0.29, 0.717) is 13.1 Å². The quantitative estimate of drug-likeness (QED) is 0.842. The monoisotopic (exact) mass is 346 g/mol. The molecule has 106 valence electrons. The lowest BCUT2D eigenvalue weighted by Gasteiger charge is -2.35. The number of hydrogen-bond acceptors (Lipinski definition) is 3. The van der Waals surface area contributed by atoms with Gasteiger partial charge >= 0.3 is 0 Å². The van der Waals surface area contributed by atoms with Crippen molar-refractivity contribution < 1.29 is 8.42 Å². The molecule has 1 aliphatic rings. The molecule has 2 rings (SSSR count). The molecule has 0 unspecified atom stereocenters. The maximum atomic E-state index is 11.8. The van der Waals surface area contributed by atoms with Crippen molar-refractivity contribution in [3.63, 3.8) is 0 Å². The Morgan fingerprint density at radius 1 is 1.21 bits per heavy atom. The average Bonchev–Trinajstić information content (AvgIpc) is 2.39. The molecule has 0 saturated carbocycles. The maximum absolute atomic E-state index is 11.8. The van der Waals surface area contributed by atoms with E-state index >= 15 is 0 Å². The summed E-state index contributed by atoms with van der Waals surface area (Å²) < 4.78 is 26.3. The fraction of sp³-hybridized carbons (Fsp3) is 0.538. The number of hydrogen-bond donors (Lipinski definition) is 0. The van der Waals surface area contributed by atoms with E-state index in [0.717, 1.165) is 23.2 Å². The molecule has 1 aromatic rings. The Morgan fingerprint density at radius 2 is 1.84 bits per heavy atom. The number of benzene rings is 1. The molecule has 1 saturated heterocycles. The predicted octanol–water partition coefficient (Wildman–Crippen LogP) is 2.23. The van der Waals surface area contributed by atoms with Gasteiger partial charge in [-0.25, -0.2) is 8.42 Å². The van der Waals surface area contributed by atoms with Crippen molar-refractivity contribution in [2.75, 3.05) is 36.8 Å². The third-order valence-corrected chi connectivity index (χ3v) is 5.96. The van der Waals surface area contributed by atoms with Gasteiger partial charge in [-0.2, -0.15) is 4.31 Å². The van der Waals surface area contributed by atoms with Gasteiger partial charge in [0.05, 0.1) is 11.4 Å². The minimum Gasteiger partial charge on any atom is -0.368 e. The van der Waals surface area contributed by atoms with Gasteiger partial charge in [-0.05, 0) is 47.5 Å². The Morgan fingerprint density at radius 3 is 2.37 bits per heavy atom. The van der Waals surface area contributed by atoms with Crippen LogP contribution in [-0.4, -0.2) is 44.7 Å². The zero-order valence-electron chi connectivity index (χ0n) is 11.3. The van der Waals surface area contributed by atoms with Crippen molar-refractivity contribution in [2.45, 2.75) is 13.8 Å². The minimum atomic E-state index is -3.05. The van der Waals surface area contributed by atoms with Gasteiger partial charge in [0.15, 0.2) is 0 Å². The van der Waals surface area contributed by atoms with E-state index in [1.807, 2.05) is 0 Å². The second-order valence-electron chi connectivity index (χ2n) is 4.74. The molecule has 4 nitrogen and oxygen atoms in total. The topological polar surface area (TPSA) is 40.6 Å². The van der Waals surface area contributed by atoms with E-state index < -0.39 is 10.0 Å². The smallest absolute Gasteiger partial charge is 0.213 e. The number of piperazine rings is 1. The third-order valence-electron chi connectivity index (χ3n) is 3.44. The lowest BCUT2D eigenvalue weighted by atomic mass is 10.2. The van der Waals surface area contributed by atoms with Gasteiger partial charge in [0.1, 0.15) is 0 Å². The van der Waals surface area contributed by atoms with Gasteiger partial charge in [0.25, 0.3) is 0 Å². The summed E-state index contributed by atoms with van der Waals surface area (Å²) >= 11 is 3.58. The summed E-state index contributed by atoms with van der Waals surface area (Å²) in [5.41, 5.74) is 2.35. The molecule has 1 fully saturated rings. The van der Waals surface area contributed by atoms with E-state index in [1.165, 1.54) is 5.56 Å². The summed E-state index contributed by atoms with van der Waals surface area (Å²) in [5.74, 6) is 0.182. The number of nitrogens with zero attached hydrogens (tertiary/aromatic N) is 2. The molecule has 0 atom stereocenters. The van der Waals surface area contributed by atoms with Gasteiger partial charge in [-0.15, -0.1) is 0 Å². The molecule has 0 spiro atoms. The lowest BCUT2D eigenvalue weighted by Crippen LogP contribution is -2.49. The second-order valence-corrected chi connectivity index (χ2v) is 7.85. The average molecular weight is 347 g/mol. The zero-order valence-corrected chi connectivity index (χ0v) is 13.7. The molecule has 0 aliphatic carbocycles. The number of aryl methyl sites for hydroxylation is 1. The molecule has 0 bridgehead atoms. The number of rotatable bonds is 3. The van der Waals surface area contributed by atoms with Gasteiger partial charge in [0, 0.05) is 30.7 Å². The van der Waals surface area contributed by atoms with E-state index in [9.17, 15) is 8.42 Å². The largest absolute Gasteiger partial charge is 0.368 e. The van der Waals surface area contributed by atoms with Crippen molar-refractivity contribution in [1.29, 1.82) is 0 Å². The van der Waals surface area contributed by atoms with Crippen LogP contribution in [0, 0.1) is 6.92 Å². The van der Waals surface area contributed by atoms with Crippen LogP contribution < -0.4 is 4.90 Å². The summed E-state index contributed by atoms with van der Waals surface area (Å²) in [6, 6.07) is 6.25. The summed E-state index contributed by atoms with van der Waals surface area (Å²) in [4.78, 5) is 2.23. The first-order valence-electron chi connectivity index (χ1n) is 6.43. The van der Waals surface area contributed by atoms with E-state index in [-0.39, 0.29) is 5.75 Å². The highest BCUT2D eigenvalue weighted by molar-refractivity contribution is 9.10. The number of halogens is 1. The highest BCUT2D eigenvalue weighted by Crippen LogP contribution is 2.28. The molecule has 0 amide bonds. The van der Waals surface area contributed by atoms with Crippen LogP contribution in [0.3, 0.4) is 0 Å². The van der Waals surface area contributed by atoms with Crippen LogP contribution in [0.15, 0.2) is 22.7 Å². The van der Waals surface area contributed by atoms with Crippen molar-refractivity contribution in [2.24, 2.45) is 0 Å². The number of anilines is 1. The molecule has 1 aliphatic heterocycles. The van der Waals surface area contributed by atoms with Crippen molar-refractivity contribution in [3.05, 3.63) is 28.2 Å². The predicted molar refractivity (Wildman–Crippen MR) is 82.1 cm³/mol. The zero-order chi connectivity index (χ0) is 14.0. The van der Waals surface area contributed by atoms with Crippen LogP contribution in [0.4, 0.5) is 5.69 Å². The summed E-state index contributed by atoms with van der Waals surface area (Å²) in [6.07, 6.45) is 0. The Balaban J connectivity index is 2.08. The number of sulfonamides is 1. The van der Waals surface area contributed by atoms with Crippen LogP contribution >= 0.6 is 15.9 Å². The molecular weight excluding hydrogens is 328 g/mol. The van der Waals surface area contributed by atoms with Crippen LogP contribution in [0.1, 0.15) is 12.5 Å². The Labute approximate surface area is 123 Å². The third kappa shape index (κ3) is 3.30. The van der Waals surface area contributed by atoms with Crippen molar-refractivity contribution in [3.8, 4) is 0 Å². The van der Waals surface area contributed by atoms with Crippen LogP contribution in [-0.2, 0) is 10.0 Å². The van der Waals surface area contributed by atoms with Gasteiger partial charge in [-0.3, -0.25) is 0 Å². The first-order chi connectivity index (χ1) is 8.94. The highest BCUT2D eigenvalue weighted by atomic mass is 79.9. The molecule has 1 aromatic carbocycles. The molecular formula is C13H19BrN2O2S. The molecule has 0 aromatic heterocycles. The van der Waals surface area contributed by atoms with E-state index in [4.69, 9.17) is 0 Å². The van der Waals surface area contributed by atoms with E-state index in [1.54, 1.807) is 11.2 Å². The minimum absolute atomic E-state index is 0.182. The Kier molecular flexibility index (Phi) is 4.53. The Bertz CT molecular complexity index is 552. The fourth-order valence-electron chi connectivity index (χ4n) is 2.26. The van der Waals surface area contributed by atoms with E-state index in [2.05, 4.69) is 46.0 Å². The van der Waals surface area contributed by atoms with Crippen molar-refractivity contribution in [1.82, 2.24) is 4.31 Å². The molecule has 6 heteroatoms. The normalized spacial score (nSPS) is 17.7. The molecule has 0 N–H and O–H groups in total. The van der Waals surface area contributed by atoms with Gasteiger partial charge in [0.2, 0.25) is 10.0 Å². The highest BCUT2D eigenvalue weighted by Gasteiger charge is 2.26. The molecule has 1 heterocycles. The first-order valence-corrected chi connectivity index (χ1v) is 8.83.